The Morgan fingerprint density at radius 2 is 0.429 bits per heavy atom. The molecule has 0 aromatic rings. The zero-order valence-corrected chi connectivity index (χ0v) is 31.6. The van der Waals surface area contributed by atoms with Crippen molar-refractivity contribution in [2.75, 3.05) is 66.6 Å². The van der Waals surface area contributed by atoms with Crippen LogP contribution in [0, 0.1) is 0 Å². The van der Waals surface area contributed by atoms with Crippen molar-refractivity contribution >= 4 is 103 Å². The molecule has 0 heterocycles. The van der Waals surface area contributed by atoms with Gasteiger partial charge in [0.15, 0.2) is 8.59 Å². The molecule has 0 unspecified atom stereocenters. The van der Waals surface area contributed by atoms with Gasteiger partial charge in [-0.25, -0.2) is 0 Å². The molecule has 0 aliphatic carbocycles. The van der Waals surface area contributed by atoms with E-state index in [1.54, 1.807) is 6.66 Å². The van der Waals surface area contributed by atoms with Crippen molar-refractivity contribution in [1.82, 2.24) is 0 Å². The molecular weight excluding hydrogens is 835 g/mol. The van der Waals surface area contributed by atoms with E-state index in [0.29, 0.717) is 23.8 Å². The van der Waals surface area contributed by atoms with Crippen LogP contribution in [0.2, 0.25) is 0 Å². The summed E-state index contributed by atoms with van der Waals surface area (Å²) in [4.78, 5) is 0. The molecule has 28 heavy (non-hydrogen) atoms. The van der Waals surface area contributed by atoms with Gasteiger partial charge in [-0.1, -0.05) is 69.6 Å². The van der Waals surface area contributed by atoms with Crippen LogP contribution >= 0.6 is 103 Å². The Morgan fingerprint density at radius 3 is 0.429 bits per heavy atom. The van der Waals surface area contributed by atoms with Gasteiger partial charge in [0.05, 0.1) is 0 Å². The largest absolute Gasteiger partial charge is 1.49 e. The van der Waals surface area contributed by atoms with Crippen molar-refractivity contribution in [2.24, 2.45) is 0 Å². The van der Waals surface area contributed by atoms with Crippen LogP contribution in [-0.2, 0) is 40.8 Å². The minimum atomic E-state index is -0.750. The van der Waals surface area contributed by atoms with E-state index < -0.39 is 8.59 Å². The van der Waals surface area contributed by atoms with Crippen molar-refractivity contribution < 1.29 is 90.5 Å². The van der Waals surface area contributed by atoms with Crippen LogP contribution in [0.1, 0.15) is 0 Å². The summed E-state index contributed by atoms with van der Waals surface area (Å²) in [7, 11) is 4.67. The van der Waals surface area contributed by atoms with E-state index in [2.05, 4.69) is 69.2 Å². The number of halogens is 10. The average Bonchev–Trinajstić information content (AvgIpc) is 2.14. The Bertz CT molecular complexity index is 107. The molecule has 0 atom stereocenters. The van der Waals surface area contributed by atoms with Crippen LogP contribution in [0.4, 0.5) is 0 Å². The van der Waals surface area contributed by atoms with E-state index >= 15 is 0 Å². The standard InChI is InChI=1S/3C3H9P.2CHCl3.CH3P.4ClH.2Pd/c3*1-4(2)3;2*2-1(3)4;1-2;;;;;;/h3*1-3H3;2*1H;1H3;4*1H;;/q;;;;;-2;;;;;;/p-4. The van der Waals surface area contributed by atoms with Crippen molar-refractivity contribution in [3.8, 4) is 0 Å². The van der Waals surface area contributed by atoms with E-state index in [0.717, 1.165) is 0 Å². The Labute approximate surface area is 265 Å². The second-order valence-corrected chi connectivity index (χ2v) is 16.5. The van der Waals surface area contributed by atoms with Crippen LogP contribution in [0.5, 0.6) is 0 Å². The monoisotopic (exact) mass is 862 g/mol. The molecule has 0 spiro atoms. The normalized spacial score (nSPS) is 6.64. The summed E-state index contributed by atoms with van der Waals surface area (Å²) in [6.07, 6.45) is 0. The molecule has 0 N–H and O–H groups in total. The van der Waals surface area contributed by atoms with Crippen molar-refractivity contribution in [1.29, 1.82) is 0 Å². The minimum absolute atomic E-state index is 0. The van der Waals surface area contributed by atoms with E-state index in [4.69, 9.17) is 69.6 Å². The molecule has 0 fully saturated rings. The summed E-state index contributed by atoms with van der Waals surface area (Å²) in [5.41, 5.74) is 0. The van der Waals surface area contributed by atoms with Gasteiger partial charge in [-0.15, -0.1) is 23.8 Å². The topological polar surface area (TPSA) is 0 Å². The molecule has 0 aliphatic rings. The first-order valence-corrected chi connectivity index (χ1v) is 17.3. The van der Waals surface area contributed by atoms with Gasteiger partial charge in [-0.3, -0.25) is 0 Å². The number of alkyl halides is 6. The third-order valence-corrected chi connectivity index (χ3v) is 0. The smallest absolute Gasteiger partial charge is 0.180 e. The van der Waals surface area contributed by atoms with Gasteiger partial charge in [-0.2, -0.15) is 0 Å². The van der Waals surface area contributed by atoms with Gasteiger partial charge in [0.2, 0.25) is 0 Å². The van der Waals surface area contributed by atoms with Crippen molar-refractivity contribution in [3.63, 3.8) is 0 Å². The van der Waals surface area contributed by atoms with E-state index in [9.17, 15) is 0 Å². The first-order valence-electron chi connectivity index (χ1n) is 5.78. The molecular formula is C12H32Cl10P4Pd2-6. The fourth-order valence-electron chi connectivity index (χ4n) is 0. The molecule has 0 saturated carbocycles. The number of rotatable bonds is 0. The summed E-state index contributed by atoms with van der Waals surface area (Å²) in [5, 5.41) is 0. The Morgan fingerprint density at radius 1 is 0.429 bits per heavy atom. The molecule has 0 aromatic heterocycles. The quantitative estimate of drug-likeness (QED) is 0.139. The molecule has 0 radical (unpaired) electrons. The third-order valence-electron chi connectivity index (χ3n) is 0. The maximum Gasteiger partial charge on any atom is 0.180 e. The summed E-state index contributed by atoms with van der Waals surface area (Å²) in [6, 6.07) is 0. The zero-order valence-electron chi connectivity index (χ0n) is 17.4. The van der Waals surface area contributed by atoms with Crippen molar-refractivity contribution in [2.45, 2.75) is 8.59 Å². The van der Waals surface area contributed by atoms with Crippen LogP contribution in [-0.4, -0.2) is 75.2 Å². The Balaban J connectivity index is -0.0000000106. The zero-order chi connectivity index (χ0) is 19.9. The maximum atomic E-state index is 4.81. The van der Waals surface area contributed by atoms with Crippen LogP contribution in [0.3, 0.4) is 0 Å². The van der Waals surface area contributed by atoms with E-state index in [1.807, 2.05) is 0 Å². The van der Waals surface area contributed by atoms with Gasteiger partial charge in [0.25, 0.3) is 0 Å². The van der Waals surface area contributed by atoms with Gasteiger partial charge in [0.1, 0.15) is 0 Å². The summed E-state index contributed by atoms with van der Waals surface area (Å²) in [5.74, 6) is 0. The Hall–Kier alpha value is 5.94. The predicted molar refractivity (Wildman–Crippen MR) is 130 cm³/mol. The summed E-state index contributed by atoms with van der Waals surface area (Å²) < 4.78 is -1.50. The van der Waals surface area contributed by atoms with E-state index in [1.165, 1.54) is 0 Å². The SMILES string of the molecule is CP(C)C.CP(C)C.CP(C)C.C[P-2].ClC(Cl)Cl.ClC(Cl)Cl.[Cl-].[Cl-].[Cl-].[Cl-].[Pd].[Pd]. The fraction of sp³-hybridized carbons (Fsp3) is 1.00. The first kappa shape index (κ1) is 76.5. The fourth-order valence-corrected chi connectivity index (χ4v) is 0. The molecule has 16 heteroatoms. The molecule has 0 bridgehead atoms. The van der Waals surface area contributed by atoms with Gasteiger partial charge in [0, 0.05) is 40.8 Å². The third kappa shape index (κ3) is 866. The molecule has 0 nitrogen and oxygen atoms in total. The molecule has 0 saturated heterocycles. The van der Waals surface area contributed by atoms with Crippen LogP contribution in [0.25, 0.3) is 0 Å². The Kier molecular flexibility index (Phi) is 209. The predicted octanol–water partition coefficient (Wildman–Crippen LogP) is -2.92. The van der Waals surface area contributed by atoms with Gasteiger partial charge >= 0.3 is 0 Å². The van der Waals surface area contributed by atoms with Gasteiger partial charge < -0.3 is 65.5 Å². The second-order valence-electron chi connectivity index (χ2n) is 4.52. The van der Waals surface area contributed by atoms with E-state index in [-0.39, 0.29) is 90.5 Å². The molecule has 196 valence electrons. The number of hydrogen-bond acceptors (Lipinski definition) is 0. The van der Waals surface area contributed by atoms with Crippen LogP contribution < -0.4 is 49.6 Å². The molecule has 0 amide bonds. The average molecular weight is 868 g/mol. The summed E-state index contributed by atoms with van der Waals surface area (Å²) in [6.45, 7) is 21.8. The minimum Gasteiger partial charge on any atom is -1.49 e. The maximum absolute atomic E-state index is 4.81. The molecule has 0 aromatic carbocycles. The molecule has 0 rings (SSSR count). The number of hydrogen-bond donors (Lipinski definition) is 0. The molecule has 0 aliphatic heterocycles. The van der Waals surface area contributed by atoms with Gasteiger partial charge in [-0.05, 0) is 60.0 Å². The first-order chi connectivity index (χ1) is 9.66. The van der Waals surface area contributed by atoms with Crippen molar-refractivity contribution in [3.05, 3.63) is 0 Å². The summed E-state index contributed by atoms with van der Waals surface area (Å²) >= 11 is 28.8. The van der Waals surface area contributed by atoms with Crippen LogP contribution in [0.15, 0.2) is 0 Å². The second kappa shape index (κ2) is 76.6.